The van der Waals surface area contributed by atoms with Gasteiger partial charge < -0.3 is 14.9 Å². The van der Waals surface area contributed by atoms with E-state index >= 15 is 0 Å². The van der Waals surface area contributed by atoms with Gasteiger partial charge in [-0.15, -0.1) is 0 Å². The molecule has 4 rings (SSSR count). The molecule has 0 radical (unpaired) electrons. The van der Waals surface area contributed by atoms with E-state index in [1.54, 1.807) is 12.1 Å². The molecule has 43 heavy (non-hydrogen) atoms. The summed E-state index contributed by atoms with van der Waals surface area (Å²) in [7, 11) is -3.30. The van der Waals surface area contributed by atoms with E-state index in [2.05, 4.69) is 4.90 Å². The Morgan fingerprint density at radius 2 is 1.58 bits per heavy atom. The van der Waals surface area contributed by atoms with E-state index in [0.717, 1.165) is 43.3 Å². The second kappa shape index (κ2) is 14.2. The number of amides is 2. The average Bonchev–Trinajstić information content (AvgIpc) is 2.97. The number of halogens is 2. The number of hydrogen-bond donors (Lipinski definition) is 1. The van der Waals surface area contributed by atoms with E-state index in [9.17, 15) is 31.9 Å². The van der Waals surface area contributed by atoms with E-state index in [4.69, 9.17) is 0 Å². The summed E-state index contributed by atoms with van der Waals surface area (Å²) in [5, 5.41) is 10.2. The Bertz CT molecular complexity index is 1320. The summed E-state index contributed by atoms with van der Waals surface area (Å²) in [5.74, 6) is -2.73. The molecule has 8 nitrogen and oxygen atoms in total. The van der Waals surface area contributed by atoms with Gasteiger partial charge in [-0.3, -0.25) is 9.69 Å². The number of carboxylic acid groups (broad SMARTS) is 1. The van der Waals surface area contributed by atoms with Crippen LogP contribution in [0.4, 0.5) is 13.6 Å². The normalized spacial score (nSPS) is 19.1. The standard InChI is InChI=1S/C32H43F2N3O5S/c1-3-36(30(38)23-24-9-11-28(12-10-24)43(2,41)42)26-15-20-35(21-16-26)22-17-29(25-7-5-4-6-8-25)37(31(39)40)27-13-18-32(33,34)19-14-27/h4-12,26-27,29H,3,13-23H2,1-2H3,(H,39,40). The quantitative estimate of drug-likeness (QED) is 0.350. The fourth-order valence-electron chi connectivity index (χ4n) is 6.52. The van der Waals surface area contributed by atoms with Gasteiger partial charge >= 0.3 is 6.09 Å². The first-order chi connectivity index (χ1) is 20.4. The number of likely N-dealkylation sites (tertiary alicyclic amines) is 1. The highest BCUT2D eigenvalue weighted by Gasteiger charge is 2.41. The molecule has 2 amide bonds. The Balaban J connectivity index is 1.36. The van der Waals surface area contributed by atoms with Gasteiger partial charge in [0.05, 0.1) is 17.4 Å². The van der Waals surface area contributed by atoms with Crippen molar-refractivity contribution in [2.45, 2.75) is 87.2 Å². The largest absolute Gasteiger partial charge is 0.465 e. The molecule has 1 saturated carbocycles. The molecule has 1 aliphatic heterocycles. The van der Waals surface area contributed by atoms with Gasteiger partial charge in [0.2, 0.25) is 11.8 Å². The van der Waals surface area contributed by atoms with Gasteiger partial charge in [0.15, 0.2) is 9.84 Å². The van der Waals surface area contributed by atoms with Crippen molar-refractivity contribution in [1.29, 1.82) is 0 Å². The number of carbonyl (C=O) groups excluding carboxylic acids is 1. The fourth-order valence-corrected chi connectivity index (χ4v) is 7.15. The summed E-state index contributed by atoms with van der Waals surface area (Å²) in [6.07, 6.45) is 2.13. The Morgan fingerprint density at radius 3 is 2.12 bits per heavy atom. The number of nitrogens with zero attached hydrogens (tertiary/aromatic N) is 3. The van der Waals surface area contributed by atoms with E-state index < -0.39 is 33.9 Å². The van der Waals surface area contributed by atoms with Crippen LogP contribution in [-0.4, -0.2) is 90.7 Å². The summed E-state index contributed by atoms with van der Waals surface area (Å²) in [4.78, 5) is 31.5. The van der Waals surface area contributed by atoms with E-state index in [0.29, 0.717) is 19.5 Å². The van der Waals surface area contributed by atoms with Crippen molar-refractivity contribution in [1.82, 2.24) is 14.7 Å². The lowest BCUT2D eigenvalue weighted by atomic mass is 9.89. The number of hydrogen-bond acceptors (Lipinski definition) is 5. The van der Waals surface area contributed by atoms with Gasteiger partial charge in [-0.1, -0.05) is 42.5 Å². The Hall–Kier alpha value is -3.05. The van der Waals surface area contributed by atoms with E-state index in [-0.39, 0.29) is 48.9 Å². The van der Waals surface area contributed by atoms with Crippen LogP contribution in [0.25, 0.3) is 0 Å². The molecule has 1 heterocycles. The molecule has 11 heteroatoms. The molecule has 236 valence electrons. The highest BCUT2D eigenvalue weighted by Crippen LogP contribution is 2.39. The SMILES string of the molecule is CCN(C(=O)Cc1ccc(S(C)(=O)=O)cc1)C1CCN(CCC(c2ccccc2)N(C(=O)O)C2CCC(F)(F)CC2)CC1. The van der Waals surface area contributed by atoms with Crippen LogP contribution < -0.4 is 0 Å². The van der Waals surface area contributed by atoms with Crippen molar-refractivity contribution in [3.05, 3.63) is 65.7 Å². The van der Waals surface area contributed by atoms with Gasteiger partial charge in [-0.05, 0) is 62.3 Å². The van der Waals surface area contributed by atoms with Crippen molar-refractivity contribution < 1.29 is 31.9 Å². The predicted molar refractivity (Wildman–Crippen MR) is 161 cm³/mol. The summed E-state index contributed by atoms with van der Waals surface area (Å²) in [6.45, 7) is 4.73. The molecule has 1 saturated heterocycles. The van der Waals surface area contributed by atoms with Crippen molar-refractivity contribution >= 4 is 21.8 Å². The van der Waals surface area contributed by atoms with Crippen molar-refractivity contribution in [3.63, 3.8) is 0 Å². The summed E-state index contributed by atoms with van der Waals surface area (Å²) >= 11 is 0. The lowest BCUT2D eigenvalue weighted by Gasteiger charge is -2.42. The molecule has 0 bridgehead atoms. The van der Waals surface area contributed by atoms with Crippen LogP contribution in [0.2, 0.25) is 0 Å². The maximum absolute atomic E-state index is 13.9. The van der Waals surface area contributed by atoms with Crippen LogP contribution in [0.5, 0.6) is 0 Å². The zero-order valence-electron chi connectivity index (χ0n) is 25.0. The fraction of sp³-hybridized carbons (Fsp3) is 0.562. The number of piperidine rings is 1. The molecule has 0 aromatic heterocycles. The molecular weight excluding hydrogens is 576 g/mol. The van der Waals surface area contributed by atoms with E-state index in [1.807, 2.05) is 42.2 Å². The molecule has 2 fully saturated rings. The maximum atomic E-state index is 13.9. The minimum atomic E-state index is -3.30. The smallest absolute Gasteiger partial charge is 0.408 e. The van der Waals surface area contributed by atoms with Gasteiger partial charge in [-0.2, -0.15) is 0 Å². The molecule has 1 atom stereocenters. The van der Waals surface area contributed by atoms with Crippen molar-refractivity contribution in [2.75, 3.05) is 32.4 Å². The molecule has 1 aliphatic carbocycles. The summed E-state index contributed by atoms with van der Waals surface area (Å²) in [6, 6.07) is 15.1. The molecule has 1 N–H and O–H groups in total. The number of carbonyl (C=O) groups is 2. The minimum Gasteiger partial charge on any atom is -0.465 e. The van der Waals surface area contributed by atoms with Gasteiger partial charge in [0.1, 0.15) is 0 Å². The molecular formula is C32H43F2N3O5S. The molecule has 0 spiro atoms. The van der Waals surface area contributed by atoms with Gasteiger partial charge in [-0.25, -0.2) is 22.0 Å². The van der Waals surface area contributed by atoms with Gasteiger partial charge in [0, 0.05) is 57.4 Å². The third-order valence-electron chi connectivity index (χ3n) is 8.91. The van der Waals surface area contributed by atoms with Gasteiger partial charge in [0.25, 0.3) is 0 Å². The van der Waals surface area contributed by atoms with Crippen LogP contribution >= 0.6 is 0 Å². The van der Waals surface area contributed by atoms with Crippen LogP contribution in [0.1, 0.15) is 69.0 Å². The van der Waals surface area contributed by atoms with Crippen LogP contribution in [0.3, 0.4) is 0 Å². The molecule has 2 aromatic rings. The van der Waals surface area contributed by atoms with Crippen LogP contribution in [0, 0.1) is 0 Å². The minimum absolute atomic E-state index is 0.00681. The van der Waals surface area contributed by atoms with Crippen molar-refractivity contribution in [2.24, 2.45) is 0 Å². The first kappa shape index (κ1) is 32.9. The van der Waals surface area contributed by atoms with Crippen LogP contribution in [-0.2, 0) is 21.1 Å². The predicted octanol–water partition coefficient (Wildman–Crippen LogP) is 5.63. The third-order valence-corrected chi connectivity index (χ3v) is 10.0. The van der Waals surface area contributed by atoms with Crippen LogP contribution in [0.15, 0.2) is 59.5 Å². The number of benzene rings is 2. The zero-order valence-corrected chi connectivity index (χ0v) is 25.8. The highest BCUT2D eigenvalue weighted by molar-refractivity contribution is 7.90. The molecule has 2 aromatic carbocycles. The first-order valence-corrected chi connectivity index (χ1v) is 17.0. The number of rotatable bonds is 11. The Labute approximate surface area is 253 Å². The lowest BCUT2D eigenvalue weighted by Crippen LogP contribution is -2.49. The zero-order chi connectivity index (χ0) is 31.2. The molecule has 1 unspecified atom stereocenters. The maximum Gasteiger partial charge on any atom is 0.408 e. The van der Waals surface area contributed by atoms with Crippen molar-refractivity contribution in [3.8, 4) is 0 Å². The Morgan fingerprint density at radius 1 is 0.977 bits per heavy atom. The number of alkyl halides is 2. The van der Waals surface area contributed by atoms with E-state index in [1.165, 1.54) is 17.0 Å². The lowest BCUT2D eigenvalue weighted by molar-refractivity contribution is -0.133. The Kier molecular flexibility index (Phi) is 10.8. The molecule has 2 aliphatic rings. The second-order valence-electron chi connectivity index (χ2n) is 11.8. The topological polar surface area (TPSA) is 98.2 Å². The monoisotopic (exact) mass is 619 g/mol. The number of sulfone groups is 1. The second-order valence-corrected chi connectivity index (χ2v) is 13.9. The number of likely N-dealkylation sites (N-methyl/N-ethyl adjacent to an activating group) is 1. The highest BCUT2D eigenvalue weighted by atomic mass is 32.2. The summed E-state index contributed by atoms with van der Waals surface area (Å²) in [5.41, 5.74) is 1.63. The first-order valence-electron chi connectivity index (χ1n) is 15.1. The third kappa shape index (κ3) is 8.75. The summed E-state index contributed by atoms with van der Waals surface area (Å²) < 4.78 is 51.2. The average molecular weight is 620 g/mol.